The summed E-state index contributed by atoms with van der Waals surface area (Å²) in [5.74, 6) is 0. The van der Waals surface area contributed by atoms with Crippen LogP contribution in [0.2, 0.25) is 0 Å². The molecule has 1 aliphatic rings. The van der Waals surface area contributed by atoms with Gasteiger partial charge in [-0.05, 0) is 56.6 Å². The number of rotatable bonds is 1. The van der Waals surface area contributed by atoms with Crippen molar-refractivity contribution in [3.05, 3.63) is 33.8 Å². The largest absolute Gasteiger partial charge is 0.299 e. The van der Waals surface area contributed by atoms with E-state index in [1.54, 1.807) is 0 Å². The van der Waals surface area contributed by atoms with Crippen molar-refractivity contribution in [3.63, 3.8) is 0 Å². The fourth-order valence-corrected chi connectivity index (χ4v) is 2.96. The lowest BCUT2D eigenvalue weighted by Crippen LogP contribution is -2.29. The molecule has 0 radical (unpaired) electrons. The number of halogens is 1. The van der Waals surface area contributed by atoms with Gasteiger partial charge in [-0.3, -0.25) is 4.90 Å². The van der Waals surface area contributed by atoms with Gasteiger partial charge in [-0.15, -0.1) is 0 Å². The molecule has 1 nitrogen and oxygen atoms in total. The van der Waals surface area contributed by atoms with E-state index < -0.39 is 0 Å². The zero-order chi connectivity index (χ0) is 10.8. The van der Waals surface area contributed by atoms with E-state index in [9.17, 15) is 0 Å². The molecule has 1 heterocycles. The standard InChI is InChI=1S/C13H18BrN/c1-10-9-11(14)6-7-12(10)13-5-3-4-8-15(13)2/h6-7,9,13H,3-5,8H2,1-2H3. The van der Waals surface area contributed by atoms with Crippen LogP contribution in [0.15, 0.2) is 22.7 Å². The van der Waals surface area contributed by atoms with Crippen LogP contribution in [0, 0.1) is 6.92 Å². The smallest absolute Gasteiger partial charge is 0.0347 e. The molecule has 0 amide bonds. The van der Waals surface area contributed by atoms with Gasteiger partial charge in [0.15, 0.2) is 0 Å². The van der Waals surface area contributed by atoms with E-state index in [2.05, 4.69) is 53.0 Å². The third-order valence-corrected chi connectivity index (χ3v) is 3.85. The van der Waals surface area contributed by atoms with Crippen LogP contribution in [0.3, 0.4) is 0 Å². The summed E-state index contributed by atoms with van der Waals surface area (Å²) in [4.78, 5) is 2.49. The summed E-state index contributed by atoms with van der Waals surface area (Å²) >= 11 is 3.52. The first-order valence-electron chi connectivity index (χ1n) is 5.65. The maximum absolute atomic E-state index is 3.52. The second kappa shape index (κ2) is 4.67. The normalized spacial score (nSPS) is 23.0. The zero-order valence-electron chi connectivity index (χ0n) is 9.46. The minimum absolute atomic E-state index is 0.631. The molecule has 15 heavy (non-hydrogen) atoms. The second-order valence-corrected chi connectivity index (χ2v) is 5.41. The molecule has 1 atom stereocenters. The minimum atomic E-state index is 0.631. The van der Waals surface area contributed by atoms with E-state index >= 15 is 0 Å². The van der Waals surface area contributed by atoms with E-state index in [4.69, 9.17) is 0 Å². The van der Waals surface area contributed by atoms with Gasteiger partial charge in [0.05, 0.1) is 0 Å². The van der Waals surface area contributed by atoms with Crippen LogP contribution < -0.4 is 0 Å². The molecule has 0 aliphatic carbocycles. The molecule has 1 fully saturated rings. The van der Waals surface area contributed by atoms with Crippen molar-refractivity contribution in [2.75, 3.05) is 13.6 Å². The average Bonchev–Trinajstić information content (AvgIpc) is 2.20. The predicted octanol–water partition coefficient (Wildman–Crippen LogP) is 3.91. The van der Waals surface area contributed by atoms with Crippen LogP contribution >= 0.6 is 15.9 Å². The third-order valence-electron chi connectivity index (χ3n) is 3.36. The molecule has 1 saturated heterocycles. The molecule has 1 aromatic rings. The highest BCUT2D eigenvalue weighted by molar-refractivity contribution is 9.10. The van der Waals surface area contributed by atoms with Crippen molar-refractivity contribution in [1.29, 1.82) is 0 Å². The molecule has 0 aromatic heterocycles. The van der Waals surface area contributed by atoms with E-state index in [1.807, 2.05) is 0 Å². The summed E-state index contributed by atoms with van der Waals surface area (Å²) in [6.07, 6.45) is 4.02. The van der Waals surface area contributed by atoms with Crippen molar-refractivity contribution >= 4 is 15.9 Å². The Morgan fingerprint density at radius 3 is 2.80 bits per heavy atom. The maximum Gasteiger partial charge on any atom is 0.0347 e. The van der Waals surface area contributed by atoms with Crippen molar-refractivity contribution in [2.24, 2.45) is 0 Å². The first kappa shape index (κ1) is 11.2. The van der Waals surface area contributed by atoms with Gasteiger partial charge in [-0.25, -0.2) is 0 Å². The van der Waals surface area contributed by atoms with Crippen molar-refractivity contribution < 1.29 is 0 Å². The fraction of sp³-hybridized carbons (Fsp3) is 0.538. The van der Waals surface area contributed by atoms with Gasteiger partial charge in [0.2, 0.25) is 0 Å². The van der Waals surface area contributed by atoms with Crippen LogP contribution in [0.1, 0.15) is 36.4 Å². The molecule has 0 N–H and O–H groups in total. The summed E-state index contributed by atoms with van der Waals surface area (Å²) in [5, 5.41) is 0. The van der Waals surface area contributed by atoms with E-state index in [-0.39, 0.29) is 0 Å². The Labute approximate surface area is 101 Å². The van der Waals surface area contributed by atoms with Crippen molar-refractivity contribution in [2.45, 2.75) is 32.2 Å². The summed E-state index contributed by atoms with van der Waals surface area (Å²) in [6, 6.07) is 7.28. The Morgan fingerprint density at radius 2 is 2.13 bits per heavy atom. The van der Waals surface area contributed by atoms with Gasteiger partial charge in [0.25, 0.3) is 0 Å². The van der Waals surface area contributed by atoms with Crippen LogP contribution in [-0.4, -0.2) is 18.5 Å². The lowest BCUT2D eigenvalue weighted by molar-refractivity contribution is 0.187. The molecule has 1 aromatic carbocycles. The third kappa shape index (κ3) is 2.43. The van der Waals surface area contributed by atoms with E-state index in [0.29, 0.717) is 6.04 Å². The molecular formula is C13H18BrN. The SMILES string of the molecule is Cc1cc(Br)ccc1C1CCCCN1C. The van der Waals surface area contributed by atoms with Crippen LogP contribution in [-0.2, 0) is 0 Å². The average molecular weight is 268 g/mol. The number of benzene rings is 1. The Balaban J connectivity index is 2.27. The quantitative estimate of drug-likeness (QED) is 0.746. The van der Waals surface area contributed by atoms with E-state index in [0.717, 1.165) is 0 Å². The van der Waals surface area contributed by atoms with Crippen molar-refractivity contribution in [1.82, 2.24) is 4.90 Å². The Hall–Kier alpha value is -0.340. The number of likely N-dealkylation sites (tertiary alicyclic amines) is 1. The van der Waals surface area contributed by atoms with Gasteiger partial charge < -0.3 is 0 Å². The Morgan fingerprint density at radius 1 is 1.33 bits per heavy atom. The molecule has 0 spiro atoms. The predicted molar refractivity (Wildman–Crippen MR) is 68.1 cm³/mol. The number of aryl methyl sites for hydroxylation is 1. The lowest BCUT2D eigenvalue weighted by atomic mass is 9.93. The highest BCUT2D eigenvalue weighted by atomic mass is 79.9. The minimum Gasteiger partial charge on any atom is -0.299 e. The Bertz CT molecular complexity index is 348. The van der Waals surface area contributed by atoms with Crippen LogP contribution in [0.25, 0.3) is 0 Å². The zero-order valence-corrected chi connectivity index (χ0v) is 11.0. The van der Waals surface area contributed by atoms with Gasteiger partial charge in [0, 0.05) is 10.5 Å². The molecule has 0 bridgehead atoms. The van der Waals surface area contributed by atoms with Crippen LogP contribution in [0.4, 0.5) is 0 Å². The Kier molecular flexibility index (Phi) is 3.47. The topological polar surface area (TPSA) is 3.24 Å². The second-order valence-electron chi connectivity index (χ2n) is 4.49. The first-order valence-corrected chi connectivity index (χ1v) is 6.44. The summed E-state index contributed by atoms with van der Waals surface area (Å²) in [7, 11) is 2.24. The van der Waals surface area contributed by atoms with Gasteiger partial charge in [-0.2, -0.15) is 0 Å². The number of hydrogen-bond acceptors (Lipinski definition) is 1. The number of nitrogens with zero attached hydrogens (tertiary/aromatic N) is 1. The molecule has 82 valence electrons. The lowest BCUT2D eigenvalue weighted by Gasteiger charge is -2.33. The molecule has 2 heteroatoms. The highest BCUT2D eigenvalue weighted by Crippen LogP contribution is 2.32. The van der Waals surface area contributed by atoms with Crippen LogP contribution in [0.5, 0.6) is 0 Å². The molecular weight excluding hydrogens is 250 g/mol. The summed E-state index contributed by atoms with van der Waals surface area (Å²) in [5.41, 5.74) is 2.91. The highest BCUT2D eigenvalue weighted by Gasteiger charge is 2.21. The molecule has 2 rings (SSSR count). The summed E-state index contributed by atoms with van der Waals surface area (Å²) < 4.78 is 1.18. The van der Waals surface area contributed by atoms with Gasteiger partial charge in [-0.1, -0.05) is 28.4 Å². The van der Waals surface area contributed by atoms with Gasteiger partial charge >= 0.3 is 0 Å². The molecule has 0 saturated carbocycles. The maximum atomic E-state index is 3.52. The first-order chi connectivity index (χ1) is 7.18. The number of hydrogen-bond donors (Lipinski definition) is 0. The van der Waals surface area contributed by atoms with Gasteiger partial charge in [0.1, 0.15) is 0 Å². The van der Waals surface area contributed by atoms with E-state index in [1.165, 1.54) is 41.4 Å². The molecule has 1 aliphatic heterocycles. The molecule has 1 unspecified atom stereocenters. The fourth-order valence-electron chi connectivity index (χ4n) is 2.48. The summed E-state index contributed by atoms with van der Waals surface area (Å²) in [6.45, 7) is 3.45. The number of piperidine rings is 1. The monoisotopic (exact) mass is 267 g/mol. The van der Waals surface area contributed by atoms with Crippen molar-refractivity contribution in [3.8, 4) is 0 Å².